The lowest BCUT2D eigenvalue weighted by Crippen LogP contribution is -2.33. The van der Waals surface area contributed by atoms with Crippen LogP contribution in [-0.2, 0) is 4.79 Å². The number of halogens is 1. The average Bonchev–Trinajstić information content (AvgIpc) is 2.69. The number of aryl methyl sites for hydroxylation is 2. The maximum atomic E-state index is 12.1. The van der Waals surface area contributed by atoms with Crippen molar-refractivity contribution in [3.05, 3.63) is 21.4 Å². The largest absolute Gasteiger partial charge is 0.350 e. The van der Waals surface area contributed by atoms with Crippen LogP contribution in [-0.4, -0.2) is 19.0 Å². The first-order valence-electron chi connectivity index (χ1n) is 7.13. The molecule has 20 heavy (non-hydrogen) atoms. The van der Waals surface area contributed by atoms with Gasteiger partial charge in [-0.1, -0.05) is 0 Å². The van der Waals surface area contributed by atoms with E-state index in [0.717, 1.165) is 25.9 Å². The van der Waals surface area contributed by atoms with Crippen LogP contribution in [0.15, 0.2) is 6.07 Å². The molecule has 1 aliphatic heterocycles. The number of carbonyl (C=O) groups is 1. The van der Waals surface area contributed by atoms with Crippen LogP contribution in [0, 0.1) is 19.8 Å². The first kappa shape index (κ1) is 17.5. The van der Waals surface area contributed by atoms with Crippen molar-refractivity contribution in [1.29, 1.82) is 0 Å². The monoisotopic (exact) mass is 316 g/mol. The van der Waals surface area contributed by atoms with Gasteiger partial charge in [-0.2, -0.15) is 0 Å². The lowest BCUT2D eigenvalue weighted by atomic mass is 9.94. The molecule has 5 heteroatoms. The third kappa shape index (κ3) is 4.76. The molecule has 1 saturated heterocycles. The second kappa shape index (κ2) is 8.01. The van der Waals surface area contributed by atoms with Gasteiger partial charge in [0, 0.05) is 16.2 Å². The number of thiophene rings is 1. The van der Waals surface area contributed by atoms with E-state index in [1.807, 2.05) is 0 Å². The molecule has 2 N–H and O–H groups in total. The van der Waals surface area contributed by atoms with Gasteiger partial charge in [0.15, 0.2) is 0 Å². The number of hydrogen-bond donors (Lipinski definition) is 2. The summed E-state index contributed by atoms with van der Waals surface area (Å²) in [5.41, 5.74) is 1.26. The highest BCUT2D eigenvalue weighted by molar-refractivity contribution is 7.12. The van der Waals surface area contributed by atoms with Gasteiger partial charge in [-0.25, -0.2) is 0 Å². The summed E-state index contributed by atoms with van der Waals surface area (Å²) in [6, 6.07) is 2.31. The van der Waals surface area contributed by atoms with Crippen molar-refractivity contribution in [3.63, 3.8) is 0 Å². The molecule has 1 aromatic heterocycles. The Balaban J connectivity index is 0.00000200. The summed E-state index contributed by atoms with van der Waals surface area (Å²) < 4.78 is 0. The average molecular weight is 317 g/mol. The Bertz CT molecular complexity index is 441. The number of nitrogens with one attached hydrogen (secondary N) is 2. The van der Waals surface area contributed by atoms with Crippen LogP contribution in [0.25, 0.3) is 0 Å². The van der Waals surface area contributed by atoms with E-state index in [9.17, 15) is 4.79 Å². The maximum absolute atomic E-state index is 12.1. The smallest absolute Gasteiger partial charge is 0.220 e. The van der Waals surface area contributed by atoms with E-state index >= 15 is 0 Å². The molecular weight excluding hydrogens is 292 g/mol. The Morgan fingerprint density at radius 3 is 2.65 bits per heavy atom. The Morgan fingerprint density at radius 1 is 1.45 bits per heavy atom. The maximum Gasteiger partial charge on any atom is 0.220 e. The van der Waals surface area contributed by atoms with Gasteiger partial charge in [0.1, 0.15) is 0 Å². The molecule has 1 unspecified atom stereocenters. The van der Waals surface area contributed by atoms with Crippen molar-refractivity contribution in [2.75, 3.05) is 13.1 Å². The van der Waals surface area contributed by atoms with Gasteiger partial charge in [-0.15, -0.1) is 23.7 Å². The van der Waals surface area contributed by atoms with E-state index in [0.29, 0.717) is 12.3 Å². The van der Waals surface area contributed by atoms with Gasteiger partial charge >= 0.3 is 0 Å². The number of carbonyl (C=O) groups excluding carboxylic acids is 1. The van der Waals surface area contributed by atoms with Crippen molar-refractivity contribution in [2.24, 2.45) is 5.92 Å². The normalized spacial score (nSPS) is 17.4. The van der Waals surface area contributed by atoms with Crippen molar-refractivity contribution in [2.45, 2.75) is 46.1 Å². The van der Waals surface area contributed by atoms with Gasteiger partial charge in [0.05, 0.1) is 6.04 Å². The third-order valence-corrected chi connectivity index (χ3v) is 4.84. The van der Waals surface area contributed by atoms with E-state index in [-0.39, 0.29) is 24.4 Å². The quantitative estimate of drug-likeness (QED) is 0.894. The highest BCUT2D eigenvalue weighted by Gasteiger charge is 2.19. The second-order valence-corrected chi connectivity index (χ2v) is 7.02. The minimum atomic E-state index is 0. The number of piperidine rings is 1. The van der Waals surface area contributed by atoms with Crippen LogP contribution in [0.2, 0.25) is 0 Å². The fraction of sp³-hybridized carbons (Fsp3) is 0.667. The van der Waals surface area contributed by atoms with E-state index in [1.54, 1.807) is 11.3 Å². The van der Waals surface area contributed by atoms with E-state index in [2.05, 4.69) is 37.5 Å². The summed E-state index contributed by atoms with van der Waals surface area (Å²) in [5.74, 6) is 0.751. The first-order valence-corrected chi connectivity index (χ1v) is 7.95. The van der Waals surface area contributed by atoms with Crippen molar-refractivity contribution < 1.29 is 4.79 Å². The summed E-state index contributed by atoms with van der Waals surface area (Å²) in [6.45, 7) is 8.43. The molecule has 1 aromatic rings. The molecule has 0 aromatic carbocycles. The Morgan fingerprint density at radius 2 is 2.10 bits per heavy atom. The number of rotatable bonds is 4. The van der Waals surface area contributed by atoms with Crippen LogP contribution < -0.4 is 10.6 Å². The van der Waals surface area contributed by atoms with Gasteiger partial charge in [-0.05, 0) is 64.3 Å². The summed E-state index contributed by atoms with van der Waals surface area (Å²) in [5, 5.41) is 6.48. The zero-order chi connectivity index (χ0) is 13.8. The zero-order valence-corrected chi connectivity index (χ0v) is 14.1. The molecule has 1 aliphatic rings. The van der Waals surface area contributed by atoms with Crippen molar-refractivity contribution in [1.82, 2.24) is 10.6 Å². The molecular formula is C15H25ClN2OS. The molecule has 0 saturated carbocycles. The SMILES string of the molecule is Cc1cc(C(C)NC(=O)CC2CCNCC2)c(C)s1.Cl. The second-order valence-electron chi connectivity index (χ2n) is 5.56. The van der Waals surface area contributed by atoms with E-state index in [4.69, 9.17) is 0 Å². The Labute approximate surface area is 131 Å². The molecule has 2 heterocycles. The highest BCUT2D eigenvalue weighted by Crippen LogP contribution is 2.26. The minimum absolute atomic E-state index is 0. The lowest BCUT2D eigenvalue weighted by Gasteiger charge is -2.23. The van der Waals surface area contributed by atoms with Crippen LogP contribution in [0.5, 0.6) is 0 Å². The van der Waals surface area contributed by atoms with Crippen LogP contribution in [0.4, 0.5) is 0 Å². The fourth-order valence-corrected chi connectivity index (χ4v) is 3.83. The molecule has 1 fully saturated rings. The molecule has 0 aliphatic carbocycles. The predicted molar refractivity (Wildman–Crippen MR) is 87.8 cm³/mol. The summed E-state index contributed by atoms with van der Waals surface area (Å²) in [6.07, 6.45) is 2.92. The third-order valence-electron chi connectivity index (χ3n) is 3.86. The van der Waals surface area contributed by atoms with Crippen LogP contribution in [0.3, 0.4) is 0 Å². The topological polar surface area (TPSA) is 41.1 Å². The summed E-state index contributed by atoms with van der Waals surface area (Å²) in [4.78, 5) is 14.7. The van der Waals surface area contributed by atoms with E-state index < -0.39 is 0 Å². The van der Waals surface area contributed by atoms with Gasteiger partial charge < -0.3 is 10.6 Å². The van der Waals surface area contributed by atoms with E-state index in [1.165, 1.54) is 15.3 Å². The summed E-state index contributed by atoms with van der Waals surface area (Å²) in [7, 11) is 0. The van der Waals surface area contributed by atoms with Gasteiger partial charge in [0.2, 0.25) is 5.91 Å². The standard InChI is InChI=1S/C15H24N2OS.ClH/c1-10-8-14(12(3)19-10)11(2)17-15(18)9-13-4-6-16-7-5-13;/h8,11,13,16H,4-7,9H2,1-3H3,(H,17,18);1H. The fourth-order valence-electron chi connectivity index (χ4n) is 2.81. The lowest BCUT2D eigenvalue weighted by molar-refractivity contribution is -0.122. The Hall–Kier alpha value is -0.580. The van der Waals surface area contributed by atoms with Gasteiger partial charge in [-0.3, -0.25) is 4.79 Å². The van der Waals surface area contributed by atoms with Crippen LogP contribution >= 0.6 is 23.7 Å². The number of amides is 1. The minimum Gasteiger partial charge on any atom is -0.350 e. The molecule has 2 rings (SSSR count). The van der Waals surface area contributed by atoms with Crippen molar-refractivity contribution in [3.8, 4) is 0 Å². The summed E-state index contributed by atoms with van der Waals surface area (Å²) >= 11 is 1.80. The molecule has 1 amide bonds. The predicted octanol–water partition coefficient (Wildman–Crippen LogP) is 3.35. The molecule has 0 radical (unpaired) electrons. The molecule has 1 atom stereocenters. The molecule has 0 bridgehead atoms. The molecule has 114 valence electrons. The van der Waals surface area contributed by atoms with Crippen molar-refractivity contribution >= 4 is 29.7 Å². The highest BCUT2D eigenvalue weighted by atomic mass is 35.5. The van der Waals surface area contributed by atoms with Gasteiger partial charge in [0.25, 0.3) is 0 Å². The number of hydrogen-bond acceptors (Lipinski definition) is 3. The van der Waals surface area contributed by atoms with Crippen LogP contribution in [0.1, 0.15) is 47.5 Å². The molecule has 3 nitrogen and oxygen atoms in total. The molecule has 0 spiro atoms. The first-order chi connectivity index (χ1) is 9.06. The Kier molecular flexibility index (Phi) is 7.00. The zero-order valence-electron chi connectivity index (χ0n) is 12.5.